The molecule has 0 unspecified atom stereocenters. The number of rotatable bonds is 4. The van der Waals surface area contributed by atoms with Crippen molar-refractivity contribution in [3.05, 3.63) is 23.4 Å². The molecular weight excluding hydrogens is 320 g/mol. The molecule has 1 saturated heterocycles. The van der Waals surface area contributed by atoms with Gasteiger partial charge in [0, 0.05) is 61.8 Å². The molecule has 0 bridgehead atoms. The molecule has 2 aromatic rings. The van der Waals surface area contributed by atoms with Crippen molar-refractivity contribution >= 4 is 22.5 Å². The first kappa shape index (κ1) is 17.1. The Labute approximate surface area is 148 Å². The van der Waals surface area contributed by atoms with E-state index in [-0.39, 0.29) is 0 Å². The molecule has 6 nitrogen and oxygen atoms in total. The lowest BCUT2D eigenvalue weighted by atomic mass is 10.2. The molecule has 1 aliphatic heterocycles. The first-order valence-electron chi connectivity index (χ1n) is 8.75. The Hall–Kier alpha value is -1.76. The molecule has 24 heavy (non-hydrogen) atoms. The van der Waals surface area contributed by atoms with Crippen molar-refractivity contribution in [1.29, 1.82) is 0 Å². The molecule has 130 valence electrons. The summed E-state index contributed by atoms with van der Waals surface area (Å²) < 4.78 is 4.41. The van der Waals surface area contributed by atoms with Crippen molar-refractivity contribution in [2.24, 2.45) is 0 Å². The van der Waals surface area contributed by atoms with E-state index in [0.717, 1.165) is 67.3 Å². The van der Waals surface area contributed by atoms with Crippen molar-refractivity contribution < 1.29 is 0 Å². The predicted molar refractivity (Wildman–Crippen MR) is 99.2 cm³/mol. The monoisotopic (exact) mass is 346 g/mol. The van der Waals surface area contributed by atoms with E-state index < -0.39 is 0 Å². The van der Waals surface area contributed by atoms with Crippen LogP contribution in [0.5, 0.6) is 0 Å². The van der Waals surface area contributed by atoms with Crippen molar-refractivity contribution in [2.75, 3.05) is 36.0 Å². The molecule has 0 radical (unpaired) electrons. The van der Waals surface area contributed by atoms with Crippen LogP contribution < -0.4 is 9.80 Å². The lowest BCUT2D eigenvalue weighted by molar-refractivity contribution is 0.740. The van der Waals surface area contributed by atoms with Gasteiger partial charge in [0.05, 0.1) is 0 Å². The number of anilines is 2. The number of hydrogen-bond donors (Lipinski definition) is 0. The fraction of sp³-hybridized carbons (Fsp3) is 0.647. The fourth-order valence-electron chi connectivity index (χ4n) is 2.85. The molecule has 0 N–H and O–H groups in total. The van der Waals surface area contributed by atoms with Gasteiger partial charge >= 0.3 is 0 Å². The number of nitrogens with zero attached hydrogens (tertiary/aromatic N) is 6. The highest BCUT2D eigenvalue weighted by Gasteiger charge is 2.20. The topological polar surface area (TPSA) is 58.0 Å². The van der Waals surface area contributed by atoms with Gasteiger partial charge in [-0.25, -0.2) is 15.0 Å². The zero-order chi connectivity index (χ0) is 17.1. The zero-order valence-corrected chi connectivity index (χ0v) is 15.8. The van der Waals surface area contributed by atoms with Crippen LogP contribution in [0.3, 0.4) is 0 Å². The number of aryl methyl sites for hydroxylation is 2. The first-order valence-corrected chi connectivity index (χ1v) is 9.52. The molecule has 0 spiro atoms. The molecule has 0 saturated carbocycles. The average molecular weight is 347 g/mol. The zero-order valence-electron chi connectivity index (χ0n) is 15.0. The third kappa shape index (κ3) is 3.83. The Morgan fingerprint density at radius 3 is 2.54 bits per heavy atom. The Bertz CT molecular complexity index is 683. The molecule has 3 heterocycles. The van der Waals surface area contributed by atoms with Gasteiger partial charge in [-0.2, -0.15) is 4.37 Å². The SMILES string of the molecule is CCc1nsc(N2CCCN(c3cc(C)nc(C(C)C)n3)CC2)n1. The highest BCUT2D eigenvalue weighted by atomic mass is 32.1. The van der Waals surface area contributed by atoms with Crippen molar-refractivity contribution in [3.8, 4) is 0 Å². The van der Waals surface area contributed by atoms with Gasteiger partial charge in [0.2, 0.25) is 5.13 Å². The Balaban J connectivity index is 1.73. The van der Waals surface area contributed by atoms with Gasteiger partial charge in [0.25, 0.3) is 0 Å². The maximum atomic E-state index is 4.78. The van der Waals surface area contributed by atoms with Gasteiger partial charge in [-0.15, -0.1) is 0 Å². The standard InChI is InChI=1S/C17H26N6S/c1-5-14-19-17(24-21-14)23-8-6-7-22(9-10-23)15-11-13(4)18-16(20-15)12(2)3/h11-12H,5-10H2,1-4H3. The van der Waals surface area contributed by atoms with Crippen LogP contribution in [0.1, 0.15) is 50.5 Å². The molecule has 1 aliphatic rings. The maximum Gasteiger partial charge on any atom is 0.205 e. The predicted octanol–water partition coefficient (Wildman–Crippen LogP) is 3.04. The van der Waals surface area contributed by atoms with E-state index in [2.05, 4.69) is 57.9 Å². The van der Waals surface area contributed by atoms with Crippen LogP contribution in [-0.4, -0.2) is 45.5 Å². The second-order valence-corrected chi connectivity index (χ2v) is 7.29. The van der Waals surface area contributed by atoms with Crippen LogP contribution in [0, 0.1) is 6.92 Å². The first-order chi connectivity index (χ1) is 11.6. The Kier molecular flexibility index (Phi) is 5.28. The van der Waals surface area contributed by atoms with Crippen LogP contribution in [0.2, 0.25) is 0 Å². The Morgan fingerprint density at radius 1 is 1.08 bits per heavy atom. The van der Waals surface area contributed by atoms with Gasteiger partial charge < -0.3 is 9.80 Å². The van der Waals surface area contributed by atoms with Crippen LogP contribution >= 0.6 is 11.5 Å². The molecule has 0 atom stereocenters. The quantitative estimate of drug-likeness (QED) is 0.848. The Morgan fingerprint density at radius 2 is 1.83 bits per heavy atom. The summed E-state index contributed by atoms with van der Waals surface area (Å²) in [5, 5.41) is 1.05. The van der Waals surface area contributed by atoms with Gasteiger partial charge in [0.15, 0.2) is 0 Å². The second kappa shape index (κ2) is 7.42. The van der Waals surface area contributed by atoms with Crippen molar-refractivity contribution in [3.63, 3.8) is 0 Å². The normalized spacial score (nSPS) is 15.9. The third-order valence-electron chi connectivity index (χ3n) is 4.24. The molecule has 3 rings (SSSR count). The molecule has 7 heteroatoms. The lowest BCUT2D eigenvalue weighted by Gasteiger charge is -2.23. The molecule has 0 aliphatic carbocycles. The van der Waals surface area contributed by atoms with Crippen LogP contribution in [-0.2, 0) is 6.42 Å². The van der Waals surface area contributed by atoms with E-state index in [9.17, 15) is 0 Å². The van der Waals surface area contributed by atoms with E-state index in [4.69, 9.17) is 4.98 Å². The minimum atomic E-state index is 0.348. The molecule has 2 aromatic heterocycles. The molecule has 1 fully saturated rings. The second-order valence-electron chi connectivity index (χ2n) is 6.55. The van der Waals surface area contributed by atoms with Gasteiger partial charge in [-0.05, 0) is 13.3 Å². The lowest BCUT2D eigenvalue weighted by Crippen LogP contribution is -2.31. The summed E-state index contributed by atoms with van der Waals surface area (Å²) in [6.45, 7) is 12.4. The summed E-state index contributed by atoms with van der Waals surface area (Å²) in [5.74, 6) is 3.28. The van der Waals surface area contributed by atoms with Gasteiger partial charge in [-0.3, -0.25) is 0 Å². The summed E-state index contributed by atoms with van der Waals surface area (Å²) >= 11 is 1.52. The summed E-state index contributed by atoms with van der Waals surface area (Å²) in [6, 6.07) is 2.10. The fourth-order valence-corrected chi connectivity index (χ4v) is 3.65. The third-order valence-corrected chi connectivity index (χ3v) is 5.05. The summed E-state index contributed by atoms with van der Waals surface area (Å²) in [6.07, 6.45) is 2.00. The summed E-state index contributed by atoms with van der Waals surface area (Å²) in [4.78, 5) is 18.7. The highest BCUT2D eigenvalue weighted by Crippen LogP contribution is 2.22. The highest BCUT2D eigenvalue weighted by molar-refractivity contribution is 7.09. The van der Waals surface area contributed by atoms with E-state index in [1.807, 2.05) is 0 Å². The van der Waals surface area contributed by atoms with E-state index in [1.54, 1.807) is 0 Å². The number of hydrogen-bond acceptors (Lipinski definition) is 7. The van der Waals surface area contributed by atoms with E-state index in [0.29, 0.717) is 5.92 Å². The smallest absolute Gasteiger partial charge is 0.205 e. The number of aromatic nitrogens is 4. The van der Waals surface area contributed by atoms with Gasteiger partial charge in [-0.1, -0.05) is 20.8 Å². The van der Waals surface area contributed by atoms with E-state index in [1.165, 1.54) is 11.5 Å². The largest absolute Gasteiger partial charge is 0.355 e. The van der Waals surface area contributed by atoms with Gasteiger partial charge in [0.1, 0.15) is 17.5 Å². The maximum absolute atomic E-state index is 4.78. The van der Waals surface area contributed by atoms with Crippen LogP contribution in [0.25, 0.3) is 0 Å². The molecular formula is C17H26N6S. The average Bonchev–Trinajstić information content (AvgIpc) is 2.91. The summed E-state index contributed by atoms with van der Waals surface area (Å²) in [5.41, 5.74) is 1.04. The van der Waals surface area contributed by atoms with E-state index >= 15 is 0 Å². The molecule has 0 amide bonds. The summed E-state index contributed by atoms with van der Waals surface area (Å²) in [7, 11) is 0. The minimum absolute atomic E-state index is 0.348. The molecule has 0 aromatic carbocycles. The van der Waals surface area contributed by atoms with Crippen molar-refractivity contribution in [1.82, 2.24) is 19.3 Å². The van der Waals surface area contributed by atoms with Crippen LogP contribution in [0.4, 0.5) is 10.9 Å². The van der Waals surface area contributed by atoms with Crippen LogP contribution in [0.15, 0.2) is 6.07 Å². The minimum Gasteiger partial charge on any atom is -0.355 e. The van der Waals surface area contributed by atoms with Crippen molar-refractivity contribution in [2.45, 2.75) is 46.5 Å².